The number of nitrogens with one attached hydrogen (secondary N) is 1. The average Bonchev–Trinajstić information content (AvgIpc) is 2.25. The average molecular weight is 237 g/mol. The van der Waals surface area contributed by atoms with Crippen LogP contribution in [0.15, 0.2) is 24.3 Å². The Morgan fingerprint density at radius 3 is 2.82 bits per heavy atom. The molecule has 0 radical (unpaired) electrons. The number of rotatable bonds is 2. The topological polar surface area (TPSA) is 95.7 Å². The van der Waals surface area contributed by atoms with E-state index in [0.29, 0.717) is 18.8 Å². The molecule has 1 aromatic rings. The van der Waals surface area contributed by atoms with Crippen molar-refractivity contribution in [3.63, 3.8) is 0 Å². The monoisotopic (exact) mass is 237 g/mol. The third-order valence-corrected chi connectivity index (χ3v) is 2.46. The molecule has 0 saturated carbocycles. The van der Waals surface area contributed by atoms with E-state index in [0.717, 1.165) is 0 Å². The second-order valence-corrected chi connectivity index (χ2v) is 3.80. The van der Waals surface area contributed by atoms with Crippen LogP contribution in [0, 0.1) is 10.1 Å². The summed E-state index contributed by atoms with van der Waals surface area (Å²) < 4.78 is 0. The standard InChI is InChI=1S/C10H11N3O4/c14-9-5-12(6-9)10(15)11-7-2-1-3-8(4-7)13(16)17/h1-4,9,14H,5-6H2,(H,11,15). The lowest BCUT2D eigenvalue weighted by atomic mass is 10.2. The summed E-state index contributed by atoms with van der Waals surface area (Å²) in [6.07, 6.45) is -0.467. The van der Waals surface area contributed by atoms with Crippen LogP contribution in [-0.4, -0.2) is 40.2 Å². The van der Waals surface area contributed by atoms with E-state index in [1.807, 2.05) is 0 Å². The van der Waals surface area contributed by atoms with Gasteiger partial charge in [0.05, 0.1) is 24.1 Å². The zero-order valence-corrected chi connectivity index (χ0v) is 8.87. The molecule has 2 rings (SSSR count). The van der Waals surface area contributed by atoms with Gasteiger partial charge in [-0.1, -0.05) is 6.07 Å². The molecule has 2 N–H and O–H groups in total. The van der Waals surface area contributed by atoms with Gasteiger partial charge < -0.3 is 15.3 Å². The van der Waals surface area contributed by atoms with Gasteiger partial charge in [-0.05, 0) is 6.07 Å². The lowest BCUT2D eigenvalue weighted by Gasteiger charge is -2.35. The molecule has 1 aliphatic rings. The Morgan fingerprint density at radius 2 is 2.24 bits per heavy atom. The first-order chi connectivity index (χ1) is 8.06. The van der Waals surface area contributed by atoms with Crippen molar-refractivity contribution < 1.29 is 14.8 Å². The highest BCUT2D eigenvalue weighted by molar-refractivity contribution is 5.90. The van der Waals surface area contributed by atoms with Crippen LogP contribution in [0.2, 0.25) is 0 Å². The molecule has 1 aromatic carbocycles. The number of urea groups is 1. The minimum Gasteiger partial charge on any atom is -0.389 e. The van der Waals surface area contributed by atoms with Gasteiger partial charge in [0.15, 0.2) is 0 Å². The van der Waals surface area contributed by atoms with Crippen molar-refractivity contribution in [2.24, 2.45) is 0 Å². The highest BCUT2D eigenvalue weighted by Crippen LogP contribution is 2.18. The van der Waals surface area contributed by atoms with Gasteiger partial charge in [-0.25, -0.2) is 4.79 Å². The van der Waals surface area contributed by atoms with E-state index < -0.39 is 11.0 Å². The van der Waals surface area contributed by atoms with Crippen LogP contribution >= 0.6 is 0 Å². The number of carbonyl (C=O) groups excluding carboxylic acids is 1. The predicted octanol–water partition coefficient (Wildman–Crippen LogP) is 0.803. The summed E-state index contributed by atoms with van der Waals surface area (Å²) in [6.45, 7) is 0.585. The smallest absolute Gasteiger partial charge is 0.322 e. The molecular formula is C10H11N3O4. The number of amides is 2. The first-order valence-electron chi connectivity index (χ1n) is 5.05. The van der Waals surface area contributed by atoms with Gasteiger partial charge in [0.2, 0.25) is 0 Å². The number of nitro groups is 1. The van der Waals surface area contributed by atoms with Crippen LogP contribution in [0.1, 0.15) is 0 Å². The van der Waals surface area contributed by atoms with Gasteiger partial charge in [0.1, 0.15) is 0 Å². The van der Waals surface area contributed by atoms with Crippen LogP contribution in [0.4, 0.5) is 16.2 Å². The van der Waals surface area contributed by atoms with E-state index in [1.54, 1.807) is 6.07 Å². The number of nitro benzene ring substituents is 1. The van der Waals surface area contributed by atoms with Gasteiger partial charge >= 0.3 is 6.03 Å². The maximum Gasteiger partial charge on any atom is 0.322 e. The first kappa shape index (κ1) is 11.3. The van der Waals surface area contributed by atoms with Crippen LogP contribution in [0.3, 0.4) is 0 Å². The Morgan fingerprint density at radius 1 is 1.53 bits per heavy atom. The van der Waals surface area contributed by atoms with Crippen molar-refractivity contribution in [1.82, 2.24) is 4.90 Å². The van der Waals surface area contributed by atoms with Gasteiger partial charge in [-0.2, -0.15) is 0 Å². The third kappa shape index (κ3) is 2.51. The maximum atomic E-state index is 11.6. The van der Waals surface area contributed by atoms with Crippen LogP contribution < -0.4 is 5.32 Å². The van der Waals surface area contributed by atoms with Gasteiger partial charge in [0.25, 0.3) is 5.69 Å². The minimum atomic E-state index is -0.525. The SMILES string of the molecule is O=C(Nc1cccc([N+](=O)[O-])c1)N1CC(O)C1. The Labute approximate surface area is 96.8 Å². The molecule has 0 unspecified atom stereocenters. The summed E-state index contributed by atoms with van der Waals surface area (Å²) in [7, 11) is 0. The second kappa shape index (κ2) is 4.38. The fourth-order valence-corrected chi connectivity index (χ4v) is 1.52. The van der Waals surface area contributed by atoms with Crippen molar-refractivity contribution in [1.29, 1.82) is 0 Å². The van der Waals surface area contributed by atoms with E-state index in [4.69, 9.17) is 5.11 Å². The molecule has 1 saturated heterocycles. The van der Waals surface area contributed by atoms with Crippen molar-refractivity contribution in [2.75, 3.05) is 18.4 Å². The lowest BCUT2D eigenvalue weighted by molar-refractivity contribution is -0.384. The number of aliphatic hydroxyl groups is 1. The lowest BCUT2D eigenvalue weighted by Crippen LogP contribution is -2.54. The number of hydrogen-bond donors (Lipinski definition) is 2. The molecule has 1 fully saturated rings. The number of likely N-dealkylation sites (tertiary alicyclic amines) is 1. The Kier molecular flexibility index (Phi) is 2.92. The third-order valence-electron chi connectivity index (χ3n) is 2.46. The fourth-order valence-electron chi connectivity index (χ4n) is 1.52. The highest BCUT2D eigenvalue weighted by Gasteiger charge is 2.28. The molecule has 1 heterocycles. The van der Waals surface area contributed by atoms with Gasteiger partial charge in [-0.3, -0.25) is 10.1 Å². The molecule has 0 aliphatic carbocycles. The summed E-state index contributed by atoms with van der Waals surface area (Å²) in [4.78, 5) is 23.0. The Balaban J connectivity index is 2.01. The quantitative estimate of drug-likeness (QED) is 0.587. The molecule has 0 atom stereocenters. The largest absolute Gasteiger partial charge is 0.389 e. The van der Waals surface area contributed by atoms with Gasteiger partial charge in [-0.15, -0.1) is 0 Å². The van der Waals surface area contributed by atoms with Crippen molar-refractivity contribution in [3.8, 4) is 0 Å². The summed E-state index contributed by atoms with van der Waals surface area (Å²) in [5, 5.41) is 22.1. The molecule has 0 spiro atoms. The zero-order chi connectivity index (χ0) is 12.4. The number of carbonyl (C=O) groups is 1. The minimum absolute atomic E-state index is 0.0774. The van der Waals surface area contributed by atoms with Crippen molar-refractivity contribution >= 4 is 17.4 Å². The van der Waals surface area contributed by atoms with E-state index in [-0.39, 0.29) is 11.7 Å². The summed E-state index contributed by atoms with van der Waals surface area (Å²) in [6, 6.07) is 5.34. The number of hydrogen-bond acceptors (Lipinski definition) is 4. The first-order valence-corrected chi connectivity index (χ1v) is 5.05. The number of nitrogens with zero attached hydrogens (tertiary/aromatic N) is 2. The second-order valence-electron chi connectivity index (χ2n) is 3.80. The number of anilines is 1. The molecule has 7 heteroatoms. The maximum absolute atomic E-state index is 11.6. The number of benzene rings is 1. The van der Waals surface area contributed by atoms with E-state index in [9.17, 15) is 14.9 Å². The van der Waals surface area contributed by atoms with Crippen LogP contribution in [-0.2, 0) is 0 Å². The van der Waals surface area contributed by atoms with Crippen LogP contribution in [0.25, 0.3) is 0 Å². The highest BCUT2D eigenvalue weighted by atomic mass is 16.6. The molecule has 2 amide bonds. The summed E-state index contributed by atoms with van der Waals surface area (Å²) in [5.41, 5.74) is 0.289. The molecular weight excluding hydrogens is 226 g/mol. The van der Waals surface area contributed by atoms with Crippen LogP contribution in [0.5, 0.6) is 0 Å². The zero-order valence-electron chi connectivity index (χ0n) is 8.87. The number of aliphatic hydroxyl groups excluding tert-OH is 1. The molecule has 90 valence electrons. The Hall–Kier alpha value is -2.15. The summed E-state index contributed by atoms with van der Waals surface area (Å²) >= 11 is 0. The van der Waals surface area contributed by atoms with E-state index in [2.05, 4.69) is 5.32 Å². The number of β-amino-alcohol motifs (C(OH)–C–C–N with tert-alkyl or cyclic N) is 1. The fraction of sp³-hybridized carbons (Fsp3) is 0.300. The van der Waals surface area contributed by atoms with E-state index >= 15 is 0 Å². The summed E-state index contributed by atoms with van der Waals surface area (Å²) in [5.74, 6) is 0. The van der Waals surface area contributed by atoms with Crippen molar-refractivity contribution in [2.45, 2.75) is 6.10 Å². The molecule has 17 heavy (non-hydrogen) atoms. The Bertz CT molecular complexity index is 457. The number of non-ortho nitro benzene ring substituents is 1. The van der Waals surface area contributed by atoms with E-state index in [1.165, 1.54) is 23.1 Å². The van der Waals surface area contributed by atoms with Crippen molar-refractivity contribution in [3.05, 3.63) is 34.4 Å². The normalized spacial score (nSPS) is 15.2. The molecule has 0 bridgehead atoms. The predicted molar refractivity (Wildman–Crippen MR) is 59.7 cm³/mol. The molecule has 0 aromatic heterocycles. The molecule has 7 nitrogen and oxygen atoms in total. The molecule has 1 aliphatic heterocycles. The van der Waals surface area contributed by atoms with Gasteiger partial charge in [0, 0.05) is 17.8 Å².